The predicted octanol–water partition coefficient (Wildman–Crippen LogP) is 0.630. The number of carbonyl (C=O) groups excluding carboxylic acids is 1. The van der Waals surface area contributed by atoms with Gasteiger partial charge in [-0.1, -0.05) is 0 Å². The van der Waals surface area contributed by atoms with E-state index in [0.29, 0.717) is 6.54 Å². The minimum atomic E-state index is 0.151. The number of H-pyrrole nitrogens is 1. The second-order valence-corrected chi connectivity index (χ2v) is 3.98. The lowest BCUT2D eigenvalue weighted by Gasteiger charge is -2.21. The summed E-state index contributed by atoms with van der Waals surface area (Å²) in [5, 5.41) is 6.20. The summed E-state index contributed by atoms with van der Waals surface area (Å²) >= 11 is 0. The molecule has 0 aromatic carbocycles. The summed E-state index contributed by atoms with van der Waals surface area (Å²) in [6, 6.07) is 1.97. The maximum atomic E-state index is 11.7. The molecular weight excluding hydrogens is 190 g/mol. The van der Waals surface area contributed by atoms with E-state index in [9.17, 15) is 4.79 Å². The van der Waals surface area contributed by atoms with Crippen molar-refractivity contribution in [3.05, 3.63) is 24.0 Å². The Hall–Kier alpha value is -1.29. The van der Waals surface area contributed by atoms with E-state index in [-0.39, 0.29) is 11.8 Å². The Kier molecular flexibility index (Phi) is 3.40. The normalized spacial score (nSPS) is 21.2. The van der Waals surface area contributed by atoms with Crippen molar-refractivity contribution in [2.75, 3.05) is 13.1 Å². The molecular formula is C11H17N3O. The number of nitrogens with one attached hydrogen (secondary N) is 3. The van der Waals surface area contributed by atoms with E-state index in [1.54, 1.807) is 0 Å². The van der Waals surface area contributed by atoms with Crippen LogP contribution in [0.1, 0.15) is 18.4 Å². The van der Waals surface area contributed by atoms with Crippen molar-refractivity contribution in [3.8, 4) is 0 Å². The summed E-state index contributed by atoms with van der Waals surface area (Å²) in [4.78, 5) is 14.7. The quantitative estimate of drug-likeness (QED) is 0.681. The van der Waals surface area contributed by atoms with Gasteiger partial charge in [-0.15, -0.1) is 0 Å². The highest BCUT2D eigenvalue weighted by molar-refractivity contribution is 5.78. The first-order valence-corrected chi connectivity index (χ1v) is 5.46. The molecule has 0 bridgehead atoms. The van der Waals surface area contributed by atoms with Crippen LogP contribution in [-0.4, -0.2) is 24.0 Å². The van der Waals surface area contributed by atoms with Gasteiger partial charge < -0.3 is 15.6 Å². The number of piperidine rings is 1. The molecule has 0 aliphatic carbocycles. The predicted molar refractivity (Wildman–Crippen MR) is 58.2 cm³/mol. The average molecular weight is 207 g/mol. The Morgan fingerprint density at radius 3 is 3.20 bits per heavy atom. The first-order chi connectivity index (χ1) is 7.36. The fourth-order valence-electron chi connectivity index (χ4n) is 1.88. The molecule has 82 valence electrons. The van der Waals surface area contributed by atoms with Gasteiger partial charge in [-0.25, -0.2) is 0 Å². The standard InChI is InChI=1S/C11H17N3O/c15-11(10-2-1-4-12-8-10)14-7-9-3-5-13-6-9/h3,5-6,10,12-13H,1-2,4,7-8H2,(H,14,15)/t10-/m1/s1. The summed E-state index contributed by atoms with van der Waals surface area (Å²) in [7, 11) is 0. The van der Waals surface area contributed by atoms with Crippen molar-refractivity contribution in [2.24, 2.45) is 5.92 Å². The number of hydrogen-bond donors (Lipinski definition) is 3. The topological polar surface area (TPSA) is 56.9 Å². The molecule has 0 radical (unpaired) electrons. The zero-order valence-electron chi connectivity index (χ0n) is 8.75. The monoisotopic (exact) mass is 207 g/mol. The van der Waals surface area contributed by atoms with E-state index >= 15 is 0 Å². The summed E-state index contributed by atoms with van der Waals surface area (Å²) in [6.07, 6.45) is 5.87. The molecule has 4 heteroatoms. The molecule has 0 saturated carbocycles. The maximum absolute atomic E-state index is 11.7. The van der Waals surface area contributed by atoms with Crippen LogP contribution in [0, 0.1) is 5.92 Å². The van der Waals surface area contributed by atoms with E-state index in [2.05, 4.69) is 15.6 Å². The van der Waals surface area contributed by atoms with Gasteiger partial charge in [0.25, 0.3) is 0 Å². The number of amides is 1. The molecule has 1 aliphatic rings. The average Bonchev–Trinajstić information content (AvgIpc) is 2.80. The zero-order chi connectivity index (χ0) is 10.5. The van der Waals surface area contributed by atoms with Gasteiger partial charge in [0.2, 0.25) is 5.91 Å². The Morgan fingerprint density at radius 2 is 2.53 bits per heavy atom. The van der Waals surface area contributed by atoms with Gasteiger partial charge in [0.05, 0.1) is 5.92 Å². The Balaban J connectivity index is 1.76. The first-order valence-electron chi connectivity index (χ1n) is 5.46. The molecule has 2 heterocycles. The van der Waals surface area contributed by atoms with Crippen molar-refractivity contribution >= 4 is 5.91 Å². The van der Waals surface area contributed by atoms with Crippen LogP contribution < -0.4 is 10.6 Å². The van der Waals surface area contributed by atoms with Gasteiger partial charge >= 0.3 is 0 Å². The highest BCUT2D eigenvalue weighted by Gasteiger charge is 2.20. The molecule has 1 aromatic rings. The number of aromatic nitrogens is 1. The van der Waals surface area contributed by atoms with Crippen LogP contribution in [0.4, 0.5) is 0 Å². The molecule has 15 heavy (non-hydrogen) atoms. The van der Waals surface area contributed by atoms with Crippen molar-refractivity contribution in [3.63, 3.8) is 0 Å². The number of rotatable bonds is 3. The number of aromatic amines is 1. The van der Waals surface area contributed by atoms with Crippen LogP contribution in [0.5, 0.6) is 0 Å². The van der Waals surface area contributed by atoms with Gasteiger partial charge in [-0.3, -0.25) is 4.79 Å². The SMILES string of the molecule is O=C(NCc1cc[nH]c1)[C@@H]1CCCNC1. The fraction of sp³-hybridized carbons (Fsp3) is 0.545. The summed E-state index contributed by atoms with van der Waals surface area (Å²) in [5.74, 6) is 0.320. The molecule has 2 rings (SSSR count). The van der Waals surface area contributed by atoms with Crippen LogP contribution in [0.3, 0.4) is 0 Å². The molecule has 1 aliphatic heterocycles. The zero-order valence-corrected chi connectivity index (χ0v) is 8.75. The number of carbonyl (C=O) groups is 1. The van der Waals surface area contributed by atoms with Gasteiger partial charge in [0.15, 0.2) is 0 Å². The third-order valence-electron chi connectivity index (χ3n) is 2.80. The third-order valence-corrected chi connectivity index (χ3v) is 2.80. The van der Waals surface area contributed by atoms with Crippen LogP contribution in [0.25, 0.3) is 0 Å². The molecule has 1 saturated heterocycles. The maximum Gasteiger partial charge on any atom is 0.224 e. The van der Waals surface area contributed by atoms with E-state index in [1.807, 2.05) is 18.5 Å². The van der Waals surface area contributed by atoms with Crippen LogP contribution in [-0.2, 0) is 11.3 Å². The van der Waals surface area contributed by atoms with Crippen molar-refractivity contribution in [1.82, 2.24) is 15.6 Å². The molecule has 1 atom stereocenters. The van der Waals surface area contributed by atoms with E-state index in [0.717, 1.165) is 31.5 Å². The lowest BCUT2D eigenvalue weighted by Crippen LogP contribution is -2.40. The largest absolute Gasteiger partial charge is 0.367 e. The Morgan fingerprint density at radius 1 is 1.60 bits per heavy atom. The number of hydrogen-bond acceptors (Lipinski definition) is 2. The summed E-state index contributed by atoms with van der Waals surface area (Å²) in [6.45, 7) is 2.49. The van der Waals surface area contributed by atoms with Gasteiger partial charge in [0, 0.05) is 25.5 Å². The lowest BCUT2D eigenvalue weighted by atomic mass is 9.99. The molecule has 0 unspecified atom stereocenters. The molecule has 1 fully saturated rings. The molecule has 0 spiro atoms. The van der Waals surface area contributed by atoms with Gasteiger partial charge in [-0.2, -0.15) is 0 Å². The van der Waals surface area contributed by atoms with E-state index < -0.39 is 0 Å². The van der Waals surface area contributed by atoms with Crippen molar-refractivity contribution in [1.29, 1.82) is 0 Å². The van der Waals surface area contributed by atoms with Gasteiger partial charge in [0.1, 0.15) is 0 Å². The van der Waals surface area contributed by atoms with Crippen LogP contribution in [0.2, 0.25) is 0 Å². The summed E-state index contributed by atoms with van der Waals surface area (Å²) in [5.41, 5.74) is 1.12. The minimum Gasteiger partial charge on any atom is -0.367 e. The Bertz CT molecular complexity index is 302. The van der Waals surface area contributed by atoms with E-state index in [4.69, 9.17) is 0 Å². The Labute approximate surface area is 89.5 Å². The second-order valence-electron chi connectivity index (χ2n) is 3.98. The smallest absolute Gasteiger partial charge is 0.224 e. The second kappa shape index (κ2) is 4.98. The highest BCUT2D eigenvalue weighted by Crippen LogP contribution is 2.09. The molecule has 1 aromatic heterocycles. The van der Waals surface area contributed by atoms with Crippen molar-refractivity contribution < 1.29 is 4.79 Å². The van der Waals surface area contributed by atoms with Crippen LogP contribution >= 0.6 is 0 Å². The van der Waals surface area contributed by atoms with E-state index in [1.165, 1.54) is 0 Å². The highest BCUT2D eigenvalue weighted by atomic mass is 16.1. The lowest BCUT2D eigenvalue weighted by molar-refractivity contribution is -0.125. The van der Waals surface area contributed by atoms with Crippen LogP contribution in [0.15, 0.2) is 18.5 Å². The third kappa shape index (κ3) is 2.83. The van der Waals surface area contributed by atoms with Gasteiger partial charge in [-0.05, 0) is 31.0 Å². The fourth-order valence-corrected chi connectivity index (χ4v) is 1.88. The molecule has 3 N–H and O–H groups in total. The van der Waals surface area contributed by atoms with Crippen molar-refractivity contribution in [2.45, 2.75) is 19.4 Å². The summed E-state index contributed by atoms with van der Waals surface area (Å²) < 4.78 is 0. The molecule has 4 nitrogen and oxygen atoms in total. The molecule has 1 amide bonds. The first kappa shape index (κ1) is 10.2. The minimum absolute atomic E-state index is 0.151.